The highest BCUT2D eigenvalue weighted by atomic mass is 32.2. The molecular formula is C22H27N7O3S. The highest BCUT2D eigenvalue weighted by Gasteiger charge is 2.24. The topological polar surface area (TPSA) is 116 Å². The van der Waals surface area contributed by atoms with Crippen molar-refractivity contribution in [1.82, 2.24) is 25.2 Å². The number of thioether (sulfide) groups is 1. The molecule has 0 aliphatic rings. The van der Waals surface area contributed by atoms with Crippen molar-refractivity contribution in [2.75, 3.05) is 18.2 Å². The normalized spacial score (nSPS) is 13.4. The van der Waals surface area contributed by atoms with E-state index in [1.165, 1.54) is 16.4 Å². The maximum atomic E-state index is 12.6. The van der Waals surface area contributed by atoms with E-state index in [9.17, 15) is 4.79 Å². The van der Waals surface area contributed by atoms with Crippen LogP contribution in [0.4, 0.5) is 5.82 Å². The van der Waals surface area contributed by atoms with E-state index in [-0.39, 0.29) is 23.9 Å². The first-order valence-electron chi connectivity index (χ1n) is 10.4. The van der Waals surface area contributed by atoms with E-state index in [4.69, 9.17) is 9.57 Å². The van der Waals surface area contributed by atoms with E-state index >= 15 is 0 Å². The Kier molecular flexibility index (Phi) is 8.90. The molecule has 2 unspecified atom stereocenters. The Morgan fingerprint density at radius 3 is 2.67 bits per heavy atom. The van der Waals surface area contributed by atoms with Crippen molar-refractivity contribution in [3.05, 3.63) is 65.6 Å². The standard InChI is InChI=1S/C22H27N7O3S/c1-5-31-22(33-4)15(2)21(30)24-18-13-9-12-17(23-18)14-32-26-19(16-10-7-6-8-11-16)20-25-27-28-29(20)3/h6-13,15,22H,5,14H2,1-4H3,(H,23,24,30). The number of rotatable bonds is 11. The van der Waals surface area contributed by atoms with Gasteiger partial charge in [0.2, 0.25) is 11.7 Å². The molecule has 174 valence electrons. The molecule has 10 nitrogen and oxygen atoms in total. The molecule has 0 fully saturated rings. The Hall–Kier alpha value is -3.31. The Morgan fingerprint density at radius 1 is 1.21 bits per heavy atom. The number of pyridine rings is 1. The molecule has 0 bridgehead atoms. The first kappa shape index (κ1) is 24.3. The van der Waals surface area contributed by atoms with Crippen molar-refractivity contribution in [3.8, 4) is 0 Å². The van der Waals surface area contributed by atoms with Gasteiger partial charge < -0.3 is 14.9 Å². The second-order valence-electron chi connectivity index (χ2n) is 7.06. The lowest BCUT2D eigenvalue weighted by molar-refractivity contribution is -0.121. The van der Waals surface area contributed by atoms with Gasteiger partial charge in [-0.05, 0) is 35.7 Å². The average molecular weight is 470 g/mol. The van der Waals surface area contributed by atoms with Gasteiger partial charge in [0.25, 0.3) is 0 Å². The van der Waals surface area contributed by atoms with Crippen LogP contribution in [0.15, 0.2) is 53.7 Å². The molecule has 0 spiro atoms. The minimum Gasteiger partial charge on any atom is -0.389 e. The van der Waals surface area contributed by atoms with Crippen molar-refractivity contribution >= 4 is 29.2 Å². The van der Waals surface area contributed by atoms with Gasteiger partial charge in [-0.2, -0.15) is 0 Å². The number of nitrogens with zero attached hydrogens (tertiary/aromatic N) is 6. The van der Waals surface area contributed by atoms with E-state index in [0.29, 0.717) is 29.7 Å². The van der Waals surface area contributed by atoms with Crippen LogP contribution in [-0.4, -0.2) is 55.1 Å². The Labute approximate surface area is 196 Å². The monoisotopic (exact) mass is 469 g/mol. The van der Waals surface area contributed by atoms with Gasteiger partial charge in [-0.1, -0.05) is 48.5 Å². The SMILES string of the molecule is CCOC(SC)C(C)C(=O)Nc1cccc(CON=C(c2ccccc2)c2nnnn2C)n1. The second kappa shape index (κ2) is 12.1. The molecule has 1 aromatic carbocycles. The summed E-state index contributed by atoms with van der Waals surface area (Å²) in [4.78, 5) is 22.7. The van der Waals surface area contributed by atoms with Crippen molar-refractivity contribution in [3.63, 3.8) is 0 Å². The number of hydrogen-bond donors (Lipinski definition) is 1. The zero-order valence-corrected chi connectivity index (χ0v) is 19.8. The smallest absolute Gasteiger partial charge is 0.231 e. The van der Waals surface area contributed by atoms with Crippen LogP contribution in [0.2, 0.25) is 0 Å². The molecule has 0 aliphatic carbocycles. The van der Waals surface area contributed by atoms with Gasteiger partial charge in [0.1, 0.15) is 11.3 Å². The third-order valence-corrected chi connectivity index (χ3v) is 5.70. The second-order valence-corrected chi connectivity index (χ2v) is 7.99. The number of hydrogen-bond acceptors (Lipinski definition) is 9. The molecule has 0 saturated carbocycles. The molecule has 2 atom stereocenters. The summed E-state index contributed by atoms with van der Waals surface area (Å²) in [5.74, 6) is 0.420. The zero-order valence-electron chi connectivity index (χ0n) is 19.0. The largest absolute Gasteiger partial charge is 0.389 e. The fourth-order valence-corrected chi connectivity index (χ4v) is 3.79. The maximum Gasteiger partial charge on any atom is 0.231 e. The van der Waals surface area contributed by atoms with Gasteiger partial charge in [0, 0.05) is 19.2 Å². The van der Waals surface area contributed by atoms with E-state index in [1.807, 2.05) is 50.4 Å². The number of aromatic nitrogens is 5. The van der Waals surface area contributed by atoms with Crippen LogP contribution in [0.5, 0.6) is 0 Å². The molecule has 1 amide bonds. The highest BCUT2D eigenvalue weighted by molar-refractivity contribution is 7.99. The van der Waals surface area contributed by atoms with Crippen LogP contribution in [-0.2, 0) is 28.0 Å². The fourth-order valence-electron chi connectivity index (χ4n) is 2.99. The molecule has 11 heteroatoms. The molecule has 3 rings (SSSR count). The third-order valence-electron chi connectivity index (χ3n) is 4.69. The van der Waals surface area contributed by atoms with Crippen molar-refractivity contribution in [2.45, 2.75) is 25.9 Å². The number of tetrazole rings is 1. The summed E-state index contributed by atoms with van der Waals surface area (Å²) in [7, 11) is 1.73. The number of benzene rings is 1. The summed E-state index contributed by atoms with van der Waals surface area (Å²) >= 11 is 1.50. The number of amides is 1. The molecule has 3 aromatic rings. The summed E-state index contributed by atoms with van der Waals surface area (Å²) in [5, 5.41) is 18.7. The number of carbonyl (C=O) groups is 1. The van der Waals surface area contributed by atoms with Gasteiger partial charge >= 0.3 is 0 Å². The minimum atomic E-state index is -0.334. The average Bonchev–Trinajstić information content (AvgIpc) is 3.26. The van der Waals surface area contributed by atoms with Gasteiger partial charge in [0.05, 0.1) is 11.6 Å². The summed E-state index contributed by atoms with van der Waals surface area (Å²) < 4.78 is 7.14. The van der Waals surface area contributed by atoms with Crippen LogP contribution in [0, 0.1) is 5.92 Å². The Morgan fingerprint density at radius 2 is 2.00 bits per heavy atom. The maximum absolute atomic E-state index is 12.6. The minimum absolute atomic E-state index is 0.104. The molecule has 2 heterocycles. The van der Waals surface area contributed by atoms with Crippen LogP contribution in [0.3, 0.4) is 0 Å². The first-order chi connectivity index (χ1) is 16.0. The van der Waals surface area contributed by atoms with E-state index in [1.54, 1.807) is 25.2 Å². The Balaban J connectivity index is 1.69. The molecule has 33 heavy (non-hydrogen) atoms. The number of ether oxygens (including phenoxy) is 1. The predicted octanol–water partition coefficient (Wildman–Crippen LogP) is 2.87. The fraction of sp³-hybridized carbons (Fsp3) is 0.364. The van der Waals surface area contributed by atoms with Crippen LogP contribution in [0.1, 0.15) is 30.9 Å². The lowest BCUT2D eigenvalue weighted by atomic mass is 10.1. The van der Waals surface area contributed by atoms with Gasteiger partial charge in [0.15, 0.2) is 12.3 Å². The lowest BCUT2D eigenvalue weighted by Crippen LogP contribution is -2.30. The van der Waals surface area contributed by atoms with Gasteiger partial charge in [-0.3, -0.25) is 4.79 Å². The zero-order chi connectivity index (χ0) is 23.6. The molecule has 0 radical (unpaired) electrons. The van der Waals surface area contributed by atoms with Crippen molar-refractivity contribution < 1.29 is 14.4 Å². The number of oxime groups is 1. The van der Waals surface area contributed by atoms with E-state index in [0.717, 1.165) is 5.56 Å². The summed E-state index contributed by atoms with van der Waals surface area (Å²) in [6.45, 7) is 4.39. The number of aryl methyl sites for hydroxylation is 1. The molecule has 0 aliphatic heterocycles. The van der Waals surface area contributed by atoms with E-state index < -0.39 is 0 Å². The van der Waals surface area contributed by atoms with Crippen LogP contribution >= 0.6 is 11.8 Å². The number of carbonyl (C=O) groups excluding carboxylic acids is 1. The van der Waals surface area contributed by atoms with E-state index in [2.05, 4.69) is 31.0 Å². The quantitative estimate of drug-likeness (QED) is 0.259. The summed E-state index contributed by atoms with van der Waals surface area (Å²) in [5.41, 5.74) is 1.71. The molecule has 2 aromatic heterocycles. The van der Waals surface area contributed by atoms with Gasteiger partial charge in [-0.25, -0.2) is 9.67 Å². The van der Waals surface area contributed by atoms with Crippen LogP contribution in [0.25, 0.3) is 0 Å². The molecular weight excluding hydrogens is 442 g/mol. The lowest BCUT2D eigenvalue weighted by Gasteiger charge is -2.21. The predicted molar refractivity (Wildman–Crippen MR) is 127 cm³/mol. The highest BCUT2D eigenvalue weighted by Crippen LogP contribution is 2.20. The number of nitrogens with one attached hydrogen (secondary N) is 1. The number of anilines is 1. The van der Waals surface area contributed by atoms with Crippen molar-refractivity contribution in [1.29, 1.82) is 0 Å². The molecule has 0 saturated heterocycles. The van der Waals surface area contributed by atoms with Crippen LogP contribution < -0.4 is 5.32 Å². The molecule has 1 N–H and O–H groups in total. The summed E-state index contributed by atoms with van der Waals surface area (Å²) in [6.07, 6.45) is 1.92. The van der Waals surface area contributed by atoms with Crippen molar-refractivity contribution in [2.24, 2.45) is 18.1 Å². The summed E-state index contributed by atoms with van der Waals surface area (Å²) in [6, 6.07) is 14.8. The first-order valence-corrected chi connectivity index (χ1v) is 11.7. The van der Waals surface area contributed by atoms with Gasteiger partial charge in [-0.15, -0.1) is 16.9 Å². The Bertz CT molecular complexity index is 1070. The third kappa shape index (κ3) is 6.59.